The van der Waals surface area contributed by atoms with Gasteiger partial charge in [0, 0.05) is 11.8 Å². The molecular formula is C21H32O2. The van der Waals surface area contributed by atoms with Crippen LogP contribution in [0.4, 0.5) is 0 Å². The second-order valence-electron chi connectivity index (χ2n) is 9.59. The predicted octanol–water partition coefficient (Wildman–Crippen LogP) is 4.52. The van der Waals surface area contributed by atoms with E-state index >= 15 is 0 Å². The van der Waals surface area contributed by atoms with E-state index in [0.29, 0.717) is 23.0 Å². The fraction of sp³-hybridized carbons (Fsp3) is 0.857. The highest BCUT2D eigenvalue weighted by molar-refractivity contribution is 5.87. The van der Waals surface area contributed by atoms with E-state index < -0.39 is 5.60 Å². The van der Waals surface area contributed by atoms with E-state index in [9.17, 15) is 9.90 Å². The van der Waals surface area contributed by atoms with Crippen LogP contribution in [0.1, 0.15) is 71.6 Å². The molecule has 0 aromatic heterocycles. The summed E-state index contributed by atoms with van der Waals surface area (Å²) in [4.78, 5) is 12.4. The van der Waals surface area contributed by atoms with Crippen molar-refractivity contribution in [2.45, 2.75) is 77.2 Å². The van der Waals surface area contributed by atoms with Gasteiger partial charge in [-0.3, -0.25) is 4.79 Å². The number of carbonyl (C=O) groups is 1. The van der Waals surface area contributed by atoms with Gasteiger partial charge in [0.05, 0.1) is 5.60 Å². The normalized spacial score (nSPS) is 55.7. The zero-order valence-electron chi connectivity index (χ0n) is 14.8. The molecule has 0 bridgehead atoms. The molecule has 2 heteroatoms. The van der Waals surface area contributed by atoms with Crippen LogP contribution in [-0.4, -0.2) is 16.5 Å². The van der Waals surface area contributed by atoms with Crippen LogP contribution in [0.5, 0.6) is 0 Å². The van der Waals surface area contributed by atoms with E-state index in [1.54, 1.807) is 6.08 Å². The summed E-state index contributed by atoms with van der Waals surface area (Å²) in [6.07, 6.45) is 11.5. The minimum Gasteiger partial charge on any atom is -0.386 e. The van der Waals surface area contributed by atoms with Crippen molar-refractivity contribution < 1.29 is 9.90 Å². The highest BCUT2D eigenvalue weighted by atomic mass is 16.3. The average Bonchev–Trinajstić information content (AvgIpc) is 2.84. The minimum atomic E-state index is -0.635. The molecule has 4 rings (SSSR count). The molecule has 0 unspecified atom stereocenters. The number of ketones is 1. The summed E-state index contributed by atoms with van der Waals surface area (Å²) in [5, 5.41) is 10.7. The maximum Gasteiger partial charge on any atom is 0.139 e. The standard InChI is InChI=1S/C21H32O2/c1-4-21(23)12-11-19(2)14(13-21)5-6-15-16-7-8-18(22)20(16,3)10-9-17(15)19/h4,14-17,23H,1,5-13H2,2-3H3/t14-,15-,16+,17-,19-,20-,21+/m0/s1. The third-order valence-corrected chi connectivity index (χ3v) is 8.85. The Morgan fingerprint density at radius 2 is 1.87 bits per heavy atom. The first-order valence-electron chi connectivity index (χ1n) is 9.72. The molecule has 4 fully saturated rings. The molecule has 4 aliphatic carbocycles. The quantitative estimate of drug-likeness (QED) is 0.722. The molecule has 1 N–H and O–H groups in total. The predicted molar refractivity (Wildman–Crippen MR) is 91.9 cm³/mol. The van der Waals surface area contributed by atoms with E-state index in [-0.39, 0.29) is 5.41 Å². The Labute approximate surface area is 140 Å². The van der Waals surface area contributed by atoms with Gasteiger partial charge in [-0.1, -0.05) is 19.9 Å². The van der Waals surface area contributed by atoms with Crippen molar-refractivity contribution in [3.63, 3.8) is 0 Å². The van der Waals surface area contributed by atoms with Crippen LogP contribution >= 0.6 is 0 Å². The van der Waals surface area contributed by atoms with E-state index in [1.165, 1.54) is 19.3 Å². The largest absolute Gasteiger partial charge is 0.386 e. The van der Waals surface area contributed by atoms with Crippen molar-refractivity contribution in [3.05, 3.63) is 12.7 Å². The molecule has 0 radical (unpaired) electrons. The molecular weight excluding hydrogens is 284 g/mol. The Bertz CT molecular complexity index is 540. The lowest BCUT2D eigenvalue weighted by atomic mass is 9.44. The first kappa shape index (κ1) is 15.9. The van der Waals surface area contributed by atoms with Gasteiger partial charge >= 0.3 is 0 Å². The molecule has 0 aromatic carbocycles. The number of carbonyl (C=O) groups excluding carboxylic acids is 1. The van der Waals surface area contributed by atoms with E-state index in [4.69, 9.17) is 0 Å². The Balaban J connectivity index is 1.62. The van der Waals surface area contributed by atoms with Gasteiger partial charge in [-0.25, -0.2) is 0 Å². The number of Topliss-reactive ketones (excluding diaryl/α,β-unsaturated/α-hetero) is 1. The average molecular weight is 316 g/mol. The fourth-order valence-corrected chi connectivity index (χ4v) is 7.23. The van der Waals surface area contributed by atoms with Crippen molar-refractivity contribution in [2.75, 3.05) is 0 Å². The van der Waals surface area contributed by atoms with Crippen molar-refractivity contribution in [3.8, 4) is 0 Å². The van der Waals surface area contributed by atoms with Gasteiger partial charge in [-0.15, -0.1) is 6.58 Å². The zero-order valence-corrected chi connectivity index (χ0v) is 14.8. The van der Waals surface area contributed by atoms with Gasteiger partial charge in [0.1, 0.15) is 5.78 Å². The van der Waals surface area contributed by atoms with E-state index in [1.807, 2.05) is 0 Å². The topological polar surface area (TPSA) is 37.3 Å². The molecule has 0 aromatic rings. The zero-order chi connectivity index (χ0) is 16.5. The molecule has 0 saturated heterocycles. The van der Waals surface area contributed by atoms with Crippen molar-refractivity contribution >= 4 is 5.78 Å². The number of fused-ring (bicyclic) bond motifs is 5. The van der Waals surface area contributed by atoms with Crippen LogP contribution < -0.4 is 0 Å². The number of hydrogen-bond acceptors (Lipinski definition) is 2. The third kappa shape index (κ3) is 2.06. The molecule has 0 aliphatic heterocycles. The maximum absolute atomic E-state index is 12.4. The molecule has 4 saturated carbocycles. The van der Waals surface area contributed by atoms with Crippen molar-refractivity contribution in [1.29, 1.82) is 0 Å². The van der Waals surface area contributed by atoms with Gasteiger partial charge in [0.15, 0.2) is 0 Å². The number of aliphatic hydroxyl groups is 1. The van der Waals surface area contributed by atoms with Crippen molar-refractivity contribution in [2.24, 2.45) is 34.5 Å². The lowest BCUT2D eigenvalue weighted by Crippen LogP contribution is -2.55. The summed E-state index contributed by atoms with van der Waals surface area (Å²) < 4.78 is 0. The lowest BCUT2D eigenvalue weighted by Gasteiger charge is -2.61. The molecule has 2 nitrogen and oxygen atoms in total. The van der Waals surface area contributed by atoms with E-state index in [2.05, 4.69) is 20.4 Å². The molecule has 128 valence electrons. The van der Waals surface area contributed by atoms with Gasteiger partial charge < -0.3 is 5.11 Å². The molecule has 0 spiro atoms. The fourth-order valence-electron chi connectivity index (χ4n) is 7.23. The van der Waals surface area contributed by atoms with Crippen molar-refractivity contribution in [1.82, 2.24) is 0 Å². The third-order valence-electron chi connectivity index (χ3n) is 8.85. The smallest absolute Gasteiger partial charge is 0.139 e. The van der Waals surface area contributed by atoms with Gasteiger partial charge in [-0.05, 0) is 80.5 Å². The Hall–Kier alpha value is -0.630. The second kappa shape index (κ2) is 4.94. The van der Waals surface area contributed by atoms with Crippen LogP contribution in [0.2, 0.25) is 0 Å². The molecule has 4 aliphatic rings. The molecule has 7 atom stereocenters. The summed E-state index contributed by atoms with van der Waals surface area (Å²) in [6.45, 7) is 8.63. The Morgan fingerprint density at radius 1 is 1.09 bits per heavy atom. The first-order valence-corrected chi connectivity index (χ1v) is 9.72. The van der Waals surface area contributed by atoms with Gasteiger partial charge in [0.2, 0.25) is 0 Å². The summed E-state index contributed by atoms with van der Waals surface area (Å²) in [7, 11) is 0. The Morgan fingerprint density at radius 3 is 2.61 bits per heavy atom. The molecule has 0 heterocycles. The first-order chi connectivity index (χ1) is 10.8. The monoisotopic (exact) mass is 316 g/mol. The Kier molecular flexibility index (Phi) is 3.41. The van der Waals surface area contributed by atoms with Crippen LogP contribution in [-0.2, 0) is 4.79 Å². The molecule has 23 heavy (non-hydrogen) atoms. The van der Waals surface area contributed by atoms with Crippen LogP contribution in [0.15, 0.2) is 12.7 Å². The van der Waals surface area contributed by atoms with Crippen LogP contribution in [0, 0.1) is 34.5 Å². The van der Waals surface area contributed by atoms with Crippen LogP contribution in [0.25, 0.3) is 0 Å². The number of hydrogen-bond donors (Lipinski definition) is 1. The summed E-state index contributed by atoms with van der Waals surface area (Å²) in [5.74, 6) is 3.31. The second-order valence-corrected chi connectivity index (χ2v) is 9.59. The highest BCUT2D eigenvalue weighted by Crippen LogP contribution is 2.66. The van der Waals surface area contributed by atoms with Crippen LogP contribution in [0.3, 0.4) is 0 Å². The van der Waals surface area contributed by atoms with E-state index in [0.717, 1.165) is 50.4 Å². The minimum absolute atomic E-state index is 0.0130. The summed E-state index contributed by atoms with van der Waals surface area (Å²) in [6, 6.07) is 0. The summed E-state index contributed by atoms with van der Waals surface area (Å²) >= 11 is 0. The van der Waals surface area contributed by atoms with Gasteiger partial charge in [-0.2, -0.15) is 0 Å². The maximum atomic E-state index is 12.4. The number of rotatable bonds is 1. The summed E-state index contributed by atoms with van der Waals surface area (Å²) in [5.41, 5.74) is -0.282. The van der Waals surface area contributed by atoms with Gasteiger partial charge in [0.25, 0.3) is 0 Å². The SMILES string of the molecule is C=C[C@@]1(O)CC[C@@]2(C)[C@@H](CC[C@H]3[C@H]4CCC(=O)[C@@]4(C)CC[C@@H]32)C1. The highest BCUT2D eigenvalue weighted by Gasteiger charge is 2.60. The molecule has 0 amide bonds. The lowest BCUT2D eigenvalue weighted by molar-refractivity contribution is -0.147.